The molecule has 0 aromatic rings. The van der Waals surface area contributed by atoms with E-state index in [9.17, 15) is 0 Å². The molecule has 2 saturated heterocycles. The molecule has 0 amide bonds. The fraction of sp³-hybridized carbons (Fsp3) is 0.944. The molecule has 24 heavy (non-hydrogen) atoms. The zero-order valence-corrected chi connectivity index (χ0v) is 15.7. The van der Waals surface area contributed by atoms with Gasteiger partial charge in [0.1, 0.15) is 0 Å². The number of piperidine rings is 1. The minimum absolute atomic E-state index is 0.391. The lowest BCUT2D eigenvalue weighted by molar-refractivity contribution is -0.0320. The molecular weight excluding hydrogens is 304 g/mol. The zero-order chi connectivity index (χ0) is 17.2. The maximum Gasteiger partial charge on any atom is 0.191 e. The van der Waals surface area contributed by atoms with Crippen molar-refractivity contribution in [3.63, 3.8) is 0 Å². The Labute approximate surface area is 147 Å². The lowest BCUT2D eigenvalue weighted by Gasteiger charge is -2.35. The number of hydrogen-bond acceptors (Lipinski definition) is 4. The molecule has 0 atom stereocenters. The van der Waals surface area contributed by atoms with Crippen molar-refractivity contribution < 1.29 is 9.47 Å². The van der Waals surface area contributed by atoms with Gasteiger partial charge in [0, 0.05) is 58.6 Å². The van der Waals surface area contributed by atoms with Gasteiger partial charge in [-0.25, -0.2) is 0 Å². The van der Waals surface area contributed by atoms with Gasteiger partial charge in [-0.15, -0.1) is 0 Å². The highest BCUT2D eigenvalue weighted by molar-refractivity contribution is 5.79. The normalized spacial score (nSPS) is 22.1. The Morgan fingerprint density at radius 3 is 2.54 bits per heavy atom. The van der Waals surface area contributed by atoms with E-state index in [0.29, 0.717) is 18.2 Å². The van der Waals surface area contributed by atoms with Crippen LogP contribution >= 0.6 is 0 Å². The van der Waals surface area contributed by atoms with Crippen molar-refractivity contribution in [3.8, 4) is 0 Å². The first-order valence-corrected chi connectivity index (χ1v) is 9.59. The summed E-state index contributed by atoms with van der Waals surface area (Å²) in [6.07, 6.45) is 5.83. The lowest BCUT2D eigenvalue weighted by atomic mass is 10.0. The molecule has 2 aliphatic heterocycles. The van der Waals surface area contributed by atoms with Crippen LogP contribution in [-0.4, -0.2) is 75.5 Å². The molecule has 2 aliphatic rings. The number of nitrogens with one attached hydrogen (secondary N) is 2. The van der Waals surface area contributed by atoms with E-state index in [1.165, 1.54) is 25.9 Å². The van der Waals surface area contributed by atoms with Gasteiger partial charge in [0.15, 0.2) is 5.96 Å². The van der Waals surface area contributed by atoms with Crippen LogP contribution in [0.1, 0.15) is 46.0 Å². The van der Waals surface area contributed by atoms with E-state index >= 15 is 0 Å². The van der Waals surface area contributed by atoms with Gasteiger partial charge in [-0.3, -0.25) is 4.99 Å². The third-order valence-corrected chi connectivity index (χ3v) is 4.96. The first-order valence-electron chi connectivity index (χ1n) is 9.59. The molecule has 2 fully saturated rings. The molecule has 0 aliphatic carbocycles. The van der Waals surface area contributed by atoms with E-state index in [4.69, 9.17) is 9.47 Å². The third-order valence-electron chi connectivity index (χ3n) is 4.96. The molecule has 6 heteroatoms. The number of hydrogen-bond donors (Lipinski definition) is 2. The predicted octanol–water partition coefficient (Wildman–Crippen LogP) is 1.61. The van der Waals surface area contributed by atoms with Gasteiger partial charge in [-0.1, -0.05) is 0 Å². The smallest absolute Gasteiger partial charge is 0.191 e. The second kappa shape index (κ2) is 10.9. The SMILES string of the molecule is CN=C(NCCCOC1CCOCC1)NC1CCN(C(C)C)CC1. The summed E-state index contributed by atoms with van der Waals surface area (Å²) in [5.74, 6) is 0.920. The highest BCUT2D eigenvalue weighted by Gasteiger charge is 2.21. The maximum absolute atomic E-state index is 5.90. The van der Waals surface area contributed by atoms with Crippen LogP contribution in [0.4, 0.5) is 0 Å². The Bertz CT molecular complexity index is 362. The highest BCUT2D eigenvalue weighted by atomic mass is 16.5. The largest absolute Gasteiger partial charge is 0.381 e. The molecule has 0 bridgehead atoms. The summed E-state index contributed by atoms with van der Waals surface area (Å²) in [4.78, 5) is 6.89. The van der Waals surface area contributed by atoms with Crippen LogP contribution in [0.3, 0.4) is 0 Å². The number of guanidine groups is 1. The Morgan fingerprint density at radius 1 is 1.21 bits per heavy atom. The molecular formula is C18H36N4O2. The lowest BCUT2D eigenvalue weighted by Crippen LogP contribution is -2.50. The summed E-state index contributed by atoms with van der Waals surface area (Å²) in [6.45, 7) is 10.3. The number of ether oxygens (including phenoxy) is 2. The van der Waals surface area contributed by atoms with Crippen molar-refractivity contribution in [3.05, 3.63) is 0 Å². The maximum atomic E-state index is 5.90. The van der Waals surface area contributed by atoms with E-state index in [1.807, 2.05) is 7.05 Å². The molecule has 0 spiro atoms. The molecule has 6 nitrogen and oxygen atoms in total. The summed E-state index contributed by atoms with van der Waals surface area (Å²) in [6, 6.07) is 1.18. The summed E-state index contributed by atoms with van der Waals surface area (Å²) in [5.41, 5.74) is 0. The molecule has 0 aromatic carbocycles. The average Bonchev–Trinajstić information content (AvgIpc) is 2.61. The Morgan fingerprint density at radius 2 is 1.92 bits per heavy atom. The van der Waals surface area contributed by atoms with E-state index in [1.54, 1.807) is 0 Å². The van der Waals surface area contributed by atoms with Gasteiger partial charge in [-0.05, 0) is 46.0 Å². The van der Waals surface area contributed by atoms with Crippen molar-refractivity contribution in [2.24, 2.45) is 4.99 Å². The molecule has 2 heterocycles. The Balaban J connectivity index is 1.54. The molecule has 2 rings (SSSR count). The first-order chi connectivity index (χ1) is 11.7. The van der Waals surface area contributed by atoms with E-state index in [0.717, 1.165) is 51.6 Å². The predicted molar refractivity (Wildman–Crippen MR) is 98.6 cm³/mol. The van der Waals surface area contributed by atoms with Crippen LogP contribution < -0.4 is 10.6 Å². The zero-order valence-electron chi connectivity index (χ0n) is 15.7. The van der Waals surface area contributed by atoms with E-state index in [2.05, 4.69) is 34.4 Å². The van der Waals surface area contributed by atoms with Crippen molar-refractivity contribution in [1.29, 1.82) is 0 Å². The fourth-order valence-electron chi connectivity index (χ4n) is 3.32. The van der Waals surface area contributed by atoms with Gasteiger partial charge < -0.3 is 25.0 Å². The van der Waals surface area contributed by atoms with Crippen LogP contribution in [-0.2, 0) is 9.47 Å². The minimum Gasteiger partial charge on any atom is -0.381 e. The number of nitrogens with zero attached hydrogens (tertiary/aromatic N) is 2. The first kappa shape index (κ1) is 19.5. The van der Waals surface area contributed by atoms with E-state index < -0.39 is 0 Å². The number of aliphatic imine (C=N–C) groups is 1. The fourth-order valence-corrected chi connectivity index (χ4v) is 3.32. The van der Waals surface area contributed by atoms with Gasteiger partial charge in [-0.2, -0.15) is 0 Å². The molecule has 0 aromatic heterocycles. The van der Waals surface area contributed by atoms with E-state index in [-0.39, 0.29) is 0 Å². The summed E-state index contributed by atoms with van der Waals surface area (Å²) < 4.78 is 11.2. The Kier molecular flexibility index (Phi) is 8.84. The van der Waals surface area contributed by atoms with Crippen molar-refractivity contribution in [2.75, 3.05) is 46.5 Å². The monoisotopic (exact) mass is 340 g/mol. The van der Waals surface area contributed by atoms with Gasteiger partial charge in [0.2, 0.25) is 0 Å². The van der Waals surface area contributed by atoms with Crippen molar-refractivity contribution >= 4 is 5.96 Å². The van der Waals surface area contributed by atoms with Crippen LogP contribution in [0.25, 0.3) is 0 Å². The second-order valence-corrected chi connectivity index (χ2v) is 7.08. The topological polar surface area (TPSA) is 58.1 Å². The number of rotatable bonds is 7. The van der Waals surface area contributed by atoms with Crippen LogP contribution in [0.2, 0.25) is 0 Å². The summed E-state index contributed by atoms with van der Waals surface area (Å²) in [7, 11) is 1.84. The van der Waals surface area contributed by atoms with Gasteiger partial charge in [0.25, 0.3) is 0 Å². The summed E-state index contributed by atoms with van der Waals surface area (Å²) >= 11 is 0. The van der Waals surface area contributed by atoms with Crippen LogP contribution in [0.5, 0.6) is 0 Å². The molecule has 2 N–H and O–H groups in total. The standard InChI is InChI=1S/C18H36N4O2/c1-15(2)22-10-5-16(6-11-22)21-18(19-3)20-9-4-12-24-17-7-13-23-14-8-17/h15-17H,4-14H2,1-3H3,(H2,19,20,21). The quantitative estimate of drug-likeness (QED) is 0.419. The number of likely N-dealkylation sites (tertiary alicyclic amines) is 1. The third kappa shape index (κ3) is 6.95. The van der Waals surface area contributed by atoms with Crippen molar-refractivity contribution in [1.82, 2.24) is 15.5 Å². The minimum atomic E-state index is 0.391. The second-order valence-electron chi connectivity index (χ2n) is 7.08. The van der Waals surface area contributed by atoms with Crippen molar-refractivity contribution in [2.45, 2.75) is 64.1 Å². The molecule has 0 saturated carbocycles. The summed E-state index contributed by atoms with van der Waals surface area (Å²) in [5, 5.41) is 6.97. The highest BCUT2D eigenvalue weighted by Crippen LogP contribution is 2.13. The Hall–Kier alpha value is -0.850. The van der Waals surface area contributed by atoms with Crippen LogP contribution in [0, 0.1) is 0 Å². The molecule has 140 valence electrons. The molecule has 0 unspecified atom stereocenters. The average molecular weight is 341 g/mol. The van der Waals surface area contributed by atoms with Gasteiger partial charge in [0.05, 0.1) is 6.10 Å². The van der Waals surface area contributed by atoms with Crippen LogP contribution in [0.15, 0.2) is 4.99 Å². The molecule has 0 radical (unpaired) electrons. The van der Waals surface area contributed by atoms with Gasteiger partial charge >= 0.3 is 0 Å².